The normalized spacial score (nSPS) is 15.9. The minimum absolute atomic E-state index is 0.361. The van der Waals surface area contributed by atoms with E-state index in [0.717, 1.165) is 53.2 Å². The fraction of sp³-hybridized carbons (Fsp3) is 0.484. The number of fused-ring (bicyclic) bond motifs is 1. The van der Waals surface area contributed by atoms with Crippen molar-refractivity contribution in [2.45, 2.75) is 72.4 Å². The minimum Gasteiger partial charge on any atom is -0.481 e. The summed E-state index contributed by atoms with van der Waals surface area (Å²) in [6.07, 6.45) is 9.08. The molecule has 39 heavy (non-hydrogen) atoms. The molecule has 0 unspecified atom stereocenters. The van der Waals surface area contributed by atoms with Crippen LogP contribution in [0, 0.1) is 19.3 Å². The molecule has 5 rings (SSSR count). The highest BCUT2D eigenvalue weighted by atomic mass is 16.4. The molecule has 8 heteroatoms. The van der Waals surface area contributed by atoms with Gasteiger partial charge >= 0.3 is 5.97 Å². The van der Waals surface area contributed by atoms with Gasteiger partial charge in [-0.1, -0.05) is 42.3 Å². The largest absolute Gasteiger partial charge is 0.481 e. The smallest absolute Gasteiger partial charge is 0.310 e. The fourth-order valence-corrected chi connectivity index (χ4v) is 6.02. The van der Waals surface area contributed by atoms with E-state index in [1.807, 2.05) is 46.1 Å². The summed E-state index contributed by atoms with van der Waals surface area (Å²) in [5.41, 5.74) is 5.98. The van der Waals surface area contributed by atoms with Crippen molar-refractivity contribution in [1.82, 2.24) is 29.4 Å². The maximum absolute atomic E-state index is 12.6. The third-order valence-electron chi connectivity index (χ3n) is 8.58. The fourth-order valence-electron chi connectivity index (χ4n) is 6.02. The van der Waals surface area contributed by atoms with E-state index in [1.165, 1.54) is 36.8 Å². The first-order valence-electron chi connectivity index (χ1n) is 14.0. The van der Waals surface area contributed by atoms with E-state index in [0.29, 0.717) is 6.54 Å². The third-order valence-corrected chi connectivity index (χ3v) is 8.58. The van der Waals surface area contributed by atoms with Gasteiger partial charge in [-0.15, -0.1) is 5.10 Å². The van der Waals surface area contributed by atoms with Crippen LogP contribution in [0.1, 0.15) is 79.1 Å². The number of likely N-dealkylation sites (tertiary alicyclic amines) is 1. The van der Waals surface area contributed by atoms with E-state index in [-0.39, 0.29) is 5.92 Å². The molecule has 1 fully saturated rings. The van der Waals surface area contributed by atoms with Gasteiger partial charge in [-0.3, -0.25) is 9.69 Å². The van der Waals surface area contributed by atoms with Crippen molar-refractivity contribution in [3.05, 3.63) is 76.4 Å². The van der Waals surface area contributed by atoms with Gasteiger partial charge in [0.25, 0.3) is 0 Å². The zero-order valence-electron chi connectivity index (χ0n) is 23.8. The molecule has 0 amide bonds. The molecule has 8 nitrogen and oxygen atoms in total. The summed E-state index contributed by atoms with van der Waals surface area (Å²) < 4.78 is 3.99. The molecule has 1 saturated heterocycles. The summed E-state index contributed by atoms with van der Waals surface area (Å²) >= 11 is 0. The molecule has 0 spiro atoms. The van der Waals surface area contributed by atoms with Gasteiger partial charge < -0.3 is 9.67 Å². The Kier molecular flexibility index (Phi) is 7.58. The van der Waals surface area contributed by atoms with Gasteiger partial charge in [0.2, 0.25) is 0 Å². The third kappa shape index (κ3) is 5.35. The molecule has 0 saturated carbocycles. The number of rotatable bonds is 8. The topological polar surface area (TPSA) is 89.1 Å². The first kappa shape index (κ1) is 27.1. The van der Waals surface area contributed by atoms with Crippen LogP contribution in [0.4, 0.5) is 0 Å². The molecule has 4 aromatic rings. The molecule has 3 heterocycles. The van der Waals surface area contributed by atoms with Crippen LogP contribution in [0.3, 0.4) is 0 Å². The summed E-state index contributed by atoms with van der Waals surface area (Å²) in [5.74, 6) is -0.115. The number of carboxylic acids is 1. The zero-order valence-corrected chi connectivity index (χ0v) is 23.8. The number of hydrogen-bond acceptors (Lipinski definition) is 5. The van der Waals surface area contributed by atoms with Gasteiger partial charge in [-0.25, -0.2) is 9.67 Å². The Labute approximate surface area is 230 Å². The van der Waals surface area contributed by atoms with E-state index < -0.39 is 11.4 Å². The molecule has 2 aromatic carbocycles. The van der Waals surface area contributed by atoms with Gasteiger partial charge in [0.1, 0.15) is 11.3 Å². The molecule has 1 atom stereocenters. The number of nitrogens with zero attached hydrogens (tertiary/aromatic N) is 6. The number of benzene rings is 2. The van der Waals surface area contributed by atoms with E-state index >= 15 is 0 Å². The molecule has 206 valence electrons. The molecule has 1 aliphatic heterocycles. The predicted octanol–water partition coefficient (Wildman–Crippen LogP) is 5.45. The predicted molar refractivity (Wildman–Crippen MR) is 153 cm³/mol. The number of carboxylic acid groups (broad SMARTS) is 1. The maximum atomic E-state index is 12.6. The summed E-state index contributed by atoms with van der Waals surface area (Å²) in [6, 6.07) is 10.4. The van der Waals surface area contributed by atoms with Crippen molar-refractivity contribution < 1.29 is 9.90 Å². The molecule has 1 N–H and O–H groups in total. The van der Waals surface area contributed by atoms with Gasteiger partial charge in [0.15, 0.2) is 0 Å². The highest BCUT2D eigenvalue weighted by molar-refractivity contribution is 5.81. The summed E-state index contributed by atoms with van der Waals surface area (Å²) in [5, 5.41) is 18.9. The molecular weight excluding hydrogens is 488 g/mol. The highest BCUT2D eigenvalue weighted by Gasteiger charge is 2.40. The van der Waals surface area contributed by atoms with Gasteiger partial charge in [0, 0.05) is 31.9 Å². The highest BCUT2D eigenvalue weighted by Crippen LogP contribution is 2.44. The van der Waals surface area contributed by atoms with Crippen LogP contribution < -0.4 is 0 Å². The Balaban J connectivity index is 1.52. The van der Waals surface area contributed by atoms with E-state index in [9.17, 15) is 9.90 Å². The number of carbonyl (C=O) groups is 1. The van der Waals surface area contributed by atoms with Crippen LogP contribution in [0.5, 0.6) is 0 Å². The lowest BCUT2D eigenvalue weighted by Gasteiger charge is -2.33. The second kappa shape index (κ2) is 10.9. The second-order valence-electron chi connectivity index (χ2n) is 11.7. The molecule has 2 aromatic heterocycles. The van der Waals surface area contributed by atoms with Crippen molar-refractivity contribution in [2.75, 3.05) is 13.1 Å². The first-order valence-corrected chi connectivity index (χ1v) is 14.0. The molecular formula is C31H40N6O2. The van der Waals surface area contributed by atoms with Crippen molar-refractivity contribution in [3.8, 4) is 0 Å². The van der Waals surface area contributed by atoms with Crippen LogP contribution in [0.15, 0.2) is 42.7 Å². The Morgan fingerprint density at radius 3 is 2.51 bits per heavy atom. The maximum Gasteiger partial charge on any atom is 0.310 e. The molecule has 0 aliphatic carbocycles. The standard InChI is InChI=1S/C31H40N6O2/c1-21-10-11-23(18-24(21)19-37-17-14-32-27(37)20-36-15-8-6-7-9-16-36)28(31(3,4)30(38)39)25-12-13-26-29(22(25)2)33-34-35(26)5/h10-14,17-18,28H,6-9,15-16,19-20H2,1-5H3,(H,38,39)/t28-/m0/s1. The number of aliphatic carboxylic acids is 1. The summed E-state index contributed by atoms with van der Waals surface area (Å²) in [6.45, 7) is 11.6. The van der Waals surface area contributed by atoms with Crippen molar-refractivity contribution in [3.63, 3.8) is 0 Å². The van der Waals surface area contributed by atoms with E-state index in [2.05, 4.69) is 51.1 Å². The summed E-state index contributed by atoms with van der Waals surface area (Å²) in [4.78, 5) is 19.8. The van der Waals surface area contributed by atoms with E-state index in [4.69, 9.17) is 4.98 Å². The van der Waals surface area contributed by atoms with E-state index in [1.54, 1.807) is 4.68 Å². The lowest BCUT2D eigenvalue weighted by atomic mass is 9.69. The van der Waals surface area contributed by atoms with Gasteiger partial charge in [-0.2, -0.15) is 0 Å². The van der Waals surface area contributed by atoms with Gasteiger partial charge in [-0.05, 0) is 87.5 Å². The number of imidazole rings is 1. The molecule has 1 aliphatic rings. The Morgan fingerprint density at radius 1 is 1.05 bits per heavy atom. The van der Waals surface area contributed by atoms with Crippen LogP contribution >= 0.6 is 0 Å². The Hall–Kier alpha value is -3.52. The number of aryl methyl sites for hydroxylation is 3. The monoisotopic (exact) mass is 528 g/mol. The van der Waals surface area contributed by atoms with Gasteiger partial charge in [0.05, 0.1) is 17.5 Å². The lowest BCUT2D eigenvalue weighted by Crippen LogP contribution is -2.32. The first-order chi connectivity index (χ1) is 18.7. The van der Waals surface area contributed by atoms with Crippen molar-refractivity contribution in [2.24, 2.45) is 12.5 Å². The zero-order chi connectivity index (χ0) is 27.7. The number of aromatic nitrogens is 5. The lowest BCUT2D eigenvalue weighted by molar-refractivity contribution is -0.147. The average molecular weight is 529 g/mol. The molecule has 0 radical (unpaired) electrons. The second-order valence-corrected chi connectivity index (χ2v) is 11.7. The Bertz CT molecular complexity index is 1480. The quantitative estimate of drug-likeness (QED) is 0.327. The minimum atomic E-state index is -1.04. The van der Waals surface area contributed by atoms with Crippen molar-refractivity contribution in [1.29, 1.82) is 0 Å². The SMILES string of the molecule is Cc1ccc([C@@H](c2ccc3c(nnn3C)c2C)C(C)(C)C(=O)O)cc1Cn1ccnc1CN1CCCCCC1. The summed E-state index contributed by atoms with van der Waals surface area (Å²) in [7, 11) is 1.87. The molecule has 0 bridgehead atoms. The van der Waals surface area contributed by atoms with Crippen LogP contribution in [-0.2, 0) is 24.9 Å². The number of hydrogen-bond donors (Lipinski definition) is 1. The van der Waals surface area contributed by atoms with Crippen LogP contribution in [0.25, 0.3) is 11.0 Å². The van der Waals surface area contributed by atoms with Crippen molar-refractivity contribution >= 4 is 17.0 Å². The van der Waals surface area contributed by atoms with Crippen LogP contribution in [0.2, 0.25) is 0 Å². The average Bonchev–Trinajstić information content (AvgIpc) is 3.40. The Morgan fingerprint density at radius 2 is 1.79 bits per heavy atom. The van der Waals surface area contributed by atoms with Crippen LogP contribution in [-0.4, -0.2) is 53.6 Å².